The fraction of sp³-hybridized carbons (Fsp3) is 0.214. The molecule has 1 N–H and O–H groups in total. The van der Waals surface area contributed by atoms with E-state index in [1.165, 1.54) is 12.1 Å². The van der Waals surface area contributed by atoms with Crippen LogP contribution in [0.5, 0.6) is 5.75 Å². The third-order valence-corrected chi connectivity index (χ3v) is 3.22. The summed E-state index contributed by atoms with van der Waals surface area (Å²) in [7, 11) is 0. The van der Waals surface area contributed by atoms with Crippen LogP contribution in [0.3, 0.4) is 0 Å². The molecule has 21 heavy (non-hydrogen) atoms. The van der Waals surface area contributed by atoms with E-state index in [4.69, 9.17) is 0 Å². The lowest BCUT2D eigenvalue weighted by Gasteiger charge is -2.12. The molecule has 1 aromatic carbocycles. The van der Waals surface area contributed by atoms with Crippen molar-refractivity contribution in [3.05, 3.63) is 46.7 Å². The summed E-state index contributed by atoms with van der Waals surface area (Å²) < 4.78 is 31.6. The number of aryl methyl sites for hydroxylation is 1. The normalized spacial score (nSPS) is 10.7. The maximum absolute atomic E-state index is 12.3. The molecule has 0 bridgehead atoms. The van der Waals surface area contributed by atoms with Crippen molar-refractivity contribution in [2.45, 2.75) is 20.1 Å². The minimum atomic E-state index is -2.95. The third-order valence-electron chi connectivity index (χ3n) is 2.79. The van der Waals surface area contributed by atoms with Gasteiger partial charge in [-0.3, -0.25) is 4.79 Å². The number of ether oxygens (including phenoxy) is 1. The van der Waals surface area contributed by atoms with Gasteiger partial charge in [0.05, 0.1) is 5.69 Å². The number of halogens is 3. The van der Waals surface area contributed by atoms with Gasteiger partial charge in [-0.15, -0.1) is 0 Å². The number of aromatic nitrogens is 1. The molecule has 0 aliphatic rings. The molecule has 1 amide bonds. The van der Waals surface area contributed by atoms with Crippen molar-refractivity contribution in [2.75, 3.05) is 5.32 Å². The van der Waals surface area contributed by atoms with E-state index in [1.54, 1.807) is 29.0 Å². The zero-order valence-corrected chi connectivity index (χ0v) is 12.7. The van der Waals surface area contributed by atoms with Gasteiger partial charge in [0.25, 0.3) is 5.91 Å². The van der Waals surface area contributed by atoms with E-state index in [0.717, 1.165) is 4.47 Å². The van der Waals surface area contributed by atoms with Gasteiger partial charge < -0.3 is 14.6 Å². The lowest BCUT2D eigenvalue weighted by molar-refractivity contribution is -0.0493. The number of carbonyl (C=O) groups excluding carboxylic acids is 1. The average molecular weight is 359 g/mol. The summed E-state index contributed by atoms with van der Waals surface area (Å²) in [5, 5.41) is 2.58. The lowest BCUT2D eigenvalue weighted by Crippen LogP contribution is -2.17. The Hall–Kier alpha value is -1.89. The zero-order chi connectivity index (χ0) is 15.4. The second-order valence-corrected chi connectivity index (χ2v) is 5.07. The lowest BCUT2D eigenvalue weighted by atomic mass is 10.2. The molecular formula is C14H13BrF2N2O2. The molecule has 0 saturated carbocycles. The van der Waals surface area contributed by atoms with Crippen LogP contribution in [0.15, 0.2) is 41.0 Å². The highest BCUT2D eigenvalue weighted by Crippen LogP contribution is 2.26. The Bertz CT molecular complexity index is 644. The molecule has 0 aliphatic carbocycles. The molecule has 7 heteroatoms. The molecule has 4 nitrogen and oxygen atoms in total. The summed E-state index contributed by atoms with van der Waals surface area (Å²) in [5.74, 6) is -0.470. The Morgan fingerprint density at radius 1 is 1.43 bits per heavy atom. The molecule has 1 heterocycles. The summed E-state index contributed by atoms with van der Waals surface area (Å²) in [6.45, 7) is -0.433. The molecule has 0 spiro atoms. The Labute approximate surface area is 128 Å². The summed E-state index contributed by atoms with van der Waals surface area (Å²) >= 11 is 3.30. The highest BCUT2D eigenvalue weighted by Gasteiger charge is 2.15. The second-order valence-electron chi connectivity index (χ2n) is 4.16. The Morgan fingerprint density at radius 3 is 2.81 bits per heavy atom. The third kappa shape index (κ3) is 3.81. The van der Waals surface area contributed by atoms with Crippen LogP contribution in [0, 0.1) is 0 Å². The molecule has 112 valence electrons. The summed E-state index contributed by atoms with van der Waals surface area (Å²) in [6.07, 6.45) is 1.77. The van der Waals surface area contributed by atoms with Crippen LogP contribution in [0.25, 0.3) is 0 Å². The van der Waals surface area contributed by atoms with Gasteiger partial charge in [0.15, 0.2) is 0 Å². The van der Waals surface area contributed by atoms with Gasteiger partial charge >= 0.3 is 6.61 Å². The van der Waals surface area contributed by atoms with E-state index in [0.29, 0.717) is 12.2 Å². The monoisotopic (exact) mass is 358 g/mol. The SMILES string of the molecule is CCn1cc(Br)cc1C(=O)Nc1ccccc1OC(F)F. The molecule has 0 atom stereocenters. The number of hydrogen-bond donors (Lipinski definition) is 1. The van der Waals surface area contributed by atoms with Crippen molar-refractivity contribution >= 4 is 27.5 Å². The number of benzene rings is 1. The molecule has 2 rings (SSSR count). The van der Waals surface area contributed by atoms with Crippen LogP contribution in [0.4, 0.5) is 14.5 Å². The van der Waals surface area contributed by atoms with Gasteiger partial charge in [-0.2, -0.15) is 8.78 Å². The number of carbonyl (C=O) groups is 1. The molecule has 1 aromatic heterocycles. The summed E-state index contributed by atoms with van der Waals surface area (Å²) in [5.41, 5.74) is 0.624. The van der Waals surface area contributed by atoms with E-state index in [1.807, 2.05) is 6.92 Å². The predicted octanol–water partition coefficient (Wildman–Crippen LogP) is 4.12. The fourth-order valence-electron chi connectivity index (χ4n) is 1.88. The van der Waals surface area contributed by atoms with Gasteiger partial charge in [-0.25, -0.2) is 0 Å². The van der Waals surface area contributed by atoms with Gasteiger partial charge in [0.2, 0.25) is 0 Å². The number of amides is 1. The number of rotatable bonds is 5. The van der Waals surface area contributed by atoms with E-state index in [-0.39, 0.29) is 11.4 Å². The van der Waals surface area contributed by atoms with Crippen LogP contribution in [-0.2, 0) is 6.54 Å². The molecule has 0 saturated heterocycles. The van der Waals surface area contributed by atoms with Crippen LogP contribution >= 0.6 is 15.9 Å². The first kappa shape index (κ1) is 15.5. The quantitative estimate of drug-likeness (QED) is 0.873. The van der Waals surface area contributed by atoms with E-state index >= 15 is 0 Å². The fourth-order valence-corrected chi connectivity index (χ4v) is 2.35. The average Bonchev–Trinajstić information content (AvgIpc) is 2.81. The van der Waals surface area contributed by atoms with E-state index in [9.17, 15) is 13.6 Å². The Morgan fingerprint density at radius 2 is 2.14 bits per heavy atom. The number of anilines is 1. The first-order chi connectivity index (χ1) is 10.0. The van der Waals surface area contributed by atoms with Crippen molar-refractivity contribution < 1.29 is 18.3 Å². The number of para-hydroxylation sites is 2. The van der Waals surface area contributed by atoms with Gasteiger partial charge in [0, 0.05) is 17.2 Å². The molecule has 0 fully saturated rings. The van der Waals surface area contributed by atoms with Gasteiger partial charge in [0.1, 0.15) is 11.4 Å². The van der Waals surface area contributed by atoms with Crippen LogP contribution in [-0.4, -0.2) is 17.1 Å². The number of nitrogens with zero attached hydrogens (tertiary/aromatic N) is 1. The van der Waals surface area contributed by atoms with Crippen molar-refractivity contribution in [3.8, 4) is 5.75 Å². The highest BCUT2D eigenvalue weighted by molar-refractivity contribution is 9.10. The van der Waals surface area contributed by atoms with Gasteiger partial charge in [-0.1, -0.05) is 12.1 Å². The van der Waals surface area contributed by atoms with Gasteiger partial charge in [-0.05, 0) is 41.1 Å². The van der Waals surface area contributed by atoms with Crippen molar-refractivity contribution in [1.82, 2.24) is 4.57 Å². The second kappa shape index (κ2) is 6.71. The molecule has 2 aromatic rings. The molecule has 0 radical (unpaired) electrons. The summed E-state index contributed by atoms with van der Waals surface area (Å²) in [6, 6.07) is 7.72. The molecular weight excluding hydrogens is 346 g/mol. The smallest absolute Gasteiger partial charge is 0.387 e. The first-order valence-corrected chi connectivity index (χ1v) is 7.01. The molecule has 0 unspecified atom stereocenters. The van der Waals surface area contributed by atoms with Crippen molar-refractivity contribution in [2.24, 2.45) is 0 Å². The first-order valence-electron chi connectivity index (χ1n) is 6.22. The van der Waals surface area contributed by atoms with Crippen molar-refractivity contribution in [1.29, 1.82) is 0 Å². The zero-order valence-electron chi connectivity index (χ0n) is 11.1. The topological polar surface area (TPSA) is 43.3 Å². The van der Waals surface area contributed by atoms with E-state index < -0.39 is 12.5 Å². The van der Waals surface area contributed by atoms with Crippen LogP contribution in [0.2, 0.25) is 0 Å². The Kier molecular flexibility index (Phi) is 4.95. The largest absolute Gasteiger partial charge is 0.433 e. The summed E-state index contributed by atoms with van der Waals surface area (Å²) in [4.78, 5) is 12.2. The number of hydrogen-bond acceptors (Lipinski definition) is 2. The Balaban J connectivity index is 2.23. The van der Waals surface area contributed by atoms with E-state index in [2.05, 4.69) is 26.0 Å². The minimum Gasteiger partial charge on any atom is -0.433 e. The van der Waals surface area contributed by atoms with Crippen LogP contribution < -0.4 is 10.1 Å². The van der Waals surface area contributed by atoms with Crippen molar-refractivity contribution in [3.63, 3.8) is 0 Å². The maximum atomic E-state index is 12.3. The highest BCUT2D eigenvalue weighted by atomic mass is 79.9. The predicted molar refractivity (Wildman–Crippen MR) is 78.8 cm³/mol. The standard InChI is InChI=1S/C14H13BrF2N2O2/c1-2-19-8-9(15)7-11(19)13(20)18-10-5-3-4-6-12(10)21-14(16)17/h3-8,14H,2H2,1H3,(H,18,20). The minimum absolute atomic E-state index is 0.0745. The maximum Gasteiger partial charge on any atom is 0.387 e. The van der Waals surface area contributed by atoms with Crippen LogP contribution in [0.1, 0.15) is 17.4 Å². The molecule has 0 aliphatic heterocycles. The number of alkyl halides is 2. The number of nitrogens with one attached hydrogen (secondary N) is 1.